The molecule has 0 amide bonds. The highest BCUT2D eigenvalue weighted by Gasteiger charge is 2.11. The Morgan fingerprint density at radius 1 is 1.57 bits per heavy atom. The Morgan fingerprint density at radius 2 is 2.29 bits per heavy atom. The molecule has 1 aromatic heterocycles. The highest BCUT2D eigenvalue weighted by molar-refractivity contribution is 7.85. The summed E-state index contributed by atoms with van der Waals surface area (Å²) in [6.45, 7) is 1.95. The van der Waals surface area contributed by atoms with Crippen molar-refractivity contribution in [3.8, 4) is 0 Å². The van der Waals surface area contributed by atoms with Gasteiger partial charge in [0.15, 0.2) is 5.78 Å². The summed E-state index contributed by atoms with van der Waals surface area (Å²) in [6, 6.07) is 3.36. The third-order valence-corrected chi connectivity index (χ3v) is 4.29. The number of halogens is 1. The molecule has 0 aliphatic rings. The molecule has 78 valence electrons. The third kappa shape index (κ3) is 3.52. The van der Waals surface area contributed by atoms with Crippen LogP contribution in [0.4, 0.5) is 0 Å². The summed E-state index contributed by atoms with van der Waals surface area (Å²) in [4.78, 5) is 12.1. The lowest BCUT2D eigenvalue weighted by Crippen LogP contribution is -2.11. The summed E-state index contributed by atoms with van der Waals surface area (Å²) in [7, 11) is -1.03. The van der Waals surface area contributed by atoms with Crippen molar-refractivity contribution >= 4 is 39.5 Å². The van der Waals surface area contributed by atoms with Crippen LogP contribution in [0.3, 0.4) is 0 Å². The quantitative estimate of drug-likeness (QED) is 0.753. The molecule has 5 heteroatoms. The van der Waals surface area contributed by atoms with Gasteiger partial charge in [-0.1, -0.05) is 18.5 Å². The molecule has 1 atom stereocenters. The van der Waals surface area contributed by atoms with Crippen molar-refractivity contribution in [3.63, 3.8) is 0 Å². The average Bonchev–Trinajstić information content (AvgIpc) is 2.52. The first-order valence-electron chi connectivity index (χ1n) is 4.27. The van der Waals surface area contributed by atoms with Crippen LogP contribution in [-0.4, -0.2) is 21.5 Å². The van der Waals surface area contributed by atoms with Crippen LogP contribution < -0.4 is 0 Å². The first kappa shape index (κ1) is 11.9. The van der Waals surface area contributed by atoms with Crippen molar-refractivity contribution in [2.45, 2.75) is 13.3 Å². The monoisotopic (exact) mass is 250 g/mol. The van der Waals surface area contributed by atoms with Gasteiger partial charge in [0.1, 0.15) is 0 Å². The van der Waals surface area contributed by atoms with Gasteiger partial charge >= 0.3 is 0 Å². The topological polar surface area (TPSA) is 34.1 Å². The smallest absolute Gasteiger partial charge is 0.185 e. The van der Waals surface area contributed by atoms with Crippen LogP contribution in [0.15, 0.2) is 12.1 Å². The molecule has 0 bridgehead atoms. The van der Waals surface area contributed by atoms with Crippen LogP contribution >= 0.6 is 22.9 Å². The van der Waals surface area contributed by atoms with Gasteiger partial charge in [0.05, 0.1) is 15.0 Å². The molecule has 0 N–H and O–H groups in total. The van der Waals surface area contributed by atoms with Gasteiger partial charge in [-0.05, 0) is 18.6 Å². The standard InChI is InChI=1S/C9H11ClO2S2/c1-2-5-14(12)6-7(11)8-3-4-9(10)13-8/h3-4H,2,5-6H2,1H3. The number of hydrogen-bond donors (Lipinski definition) is 0. The molecule has 0 aliphatic heterocycles. The summed E-state index contributed by atoms with van der Waals surface area (Å²) in [5, 5.41) is 0. The largest absolute Gasteiger partial charge is 0.292 e. The van der Waals surface area contributed by atoms with E-state index in [2.05, 4.69) is 0 Å². The molecular formula is C9H11ClO2S2. The predicted octanol–water partition coefficient (Wildman–Crippen LogP) is 2.74. The van der Waals surface area contributed by atoms with Gasteiger partial charge in [-0.3, -0.25) is 9.00 Å². The number of ketones is 1. The number of carbonyl (C=O) groups excluding carboxylic acids is 1. The zero-order valence-corrected chi connectivity index (χ0v) is 10.2. The summed E-state index contributed by atoms with van der Waals surface area (Å²) < 4.78 is 11.9. The SMILES string of the molecule is CCCS(=O)CC(=O)c1ccc(Cl)s1. The third-order valence-electron chi connectivity index (χ3n) is 1.57. The maximum absolute atomic E-state index is 11.5. The molecule has 0 radical (unpaired) electrons. The van der Waals surface area contributed by atoms with Crippen LogP contribution in [0.25, 0.3) is 0 Å². The number of Topliss-reactive ketones (excluding diaryl/α,β-unsaturated/α-hetero) is 1. The second-order valence-electron chi connectivity index (χ2n) is 2.82. The Balaban J connectivity index is 2.55. The zero-order valence-electron chi connectivity index (χ0n) is 7.79. The molecule has 0 saturated carbocycles. The van der Waals surface area contributed by atoms with E-state index in [4.69, 9.17) is 11.6 Å². The van der Waals surface area contributed by atoms with Gasteiger partial charge < -0.3 is 0 Å². The molecule has 0 aliphatic carbocycles. The van der Waals surface area contributed by atoms with Crippen molar-refractivity contribution in [1.29, 1.82) is 0 Å². The van der Waals surface area contributed by atoms with Gasteiger partial charge in [0.2, 0.25) is 0 Å². The van der Waals surface area contributed by atoms with Gasteiger partial charge in [0.25, 0.3) is 0 Å². The van der Waals surface area contributed by atoms with Gasteiger partial charge in [-0.15, -0.1) is 11.3 Å². The van der Waals surface area contributed by atoms with E-state index in [0.717, 1.165) is 6.42 Å². The molecule has 0 saturated heterocycles. The van der Waals surface area contributed by atoms with Crippen LogP contribution in [-0.2, 0) is 10.8 Å². The molecule has 1 unspecified atom stereocenters. The van der Waals surface area contributed by atoms with Crippen molar-refractivity contribution in [3.05, 3.63) is 21.3 Å². The van der Waals surface area contributed by atoms with Crippen molar-refractivity contribution in [1.82, 2.24) is 0 Å². The lowest BCUT2D eigenvalue weighted by molar-refractivity contribution is 0.102. The average molecular weight is 251 g/mol. The number of hydrogen-bond acceptors (Lipinski definition) is 3. The second kappa shape index (κ2) is 5.63. The summed E-state index contributed by atoms with van der Waals surface area (Å²) in [6.07, 6.45) is 0.838. The first-order chi connectivity index (χ1) is 6.63. The highest BCUT2D eigenvalue weighted by Crippen LogP contribution is 2.21. The fourth-order valence-corrected chi connectivity index (χ4v) is 3.10. The van der Waals surface area contributed by atoms with E-state index in [1.54, 1.807) is 12.1 Å². The molecule has 1 rings (SSSR count). The number of rotatable bonds is 5. The summed E-state index contributed by atoms with van der Waals surface area (Å²) in [5.41, 5.74) is 0. The lowest BCUT2D eigenvalue weighted by Gasteiger charge is -1.97. The summed E-state index contributed by atoms with van der Waals surface area (Å²) >= 11 is 6.93. The van der Waals surface area contributed by atoms with Crippen molar-refractivity contribution < 1.29 is 9.00 Å². The van der Waals surface area contributed by atoms with Gasteiger partial charge in [0, 0.05) is 16.6 Å². The lowest BCUT2D eigenvalue weighted by atomic mass is 10.4. The Kier molecular flexibility index (Phi) is 4.78. The second-order valence-corrected chi connectivity index (χ2v) is 6.11. The van der Waals surface area contributed by atoms with Crippen molar-refractivity contribution in [2.24, 2.45) is 0 Å². The fourth-order valence-electron chi connectivity index (χ4n) is 0.981. The predicted molar refractivity (Wildman–Crippen MR) is 61.8 cm³/mol. The molecule has 0 fully saturated rings. The fraction of sp³-hybridized carbons (Fsp3) is 0.444. The Bertz CT molecular complexity index is 346. The van der Waals surface area contributed by atoms with E-state index in [9.17, 15) is 9.00 Å². The Labute approximate surface area is 94.7 Å². The van der Waals surface area contributed by atoms with Crippen LogP contribution in [0.1, 0.15) is 23.0 Å². The first-order valence-corrected chi connectivity index (χ1v) is 6.95. The Morgan fingerprint density at radius 3 is 2.79 bits per heavy atom. The molecule has 2 nitrogen and oxygen atoms in total. The minimum atomic E-state index is -1.03. The van der Waals surface area contributed by atoms with E-state index >= 15 is 0 Å². The Hall–Kier alpha value is -0.190. The van der Waals surface area contributed by atoms with Crippen LogP contribution in [0.2, 0.25) is 4.34 Å². The molecule has 1 heterocycles. The normalized spacial score (nSPS) is 12.7. The highest BCUT2D eigenvalue weighted by atomic mass is 35.5. The molecule has 14 heavy (non-hydrogen) atoms. The van der Waals surface area contributed by atoms with E-state index in [0.29, 0.717) is 15.0 Å². The molecule has 0 aromatic carbocycles. The van der Waals surface area contributed by atoms with Gasteiger partial charge in [-0.2, -0.15) is 0 Å². The minimum Gasteiger partial charge on any atom is -0.292 e. The maximum Gasteiger partial charge on any atom is 0.185 e. The minimum absolute atomic E-state index is 0.0753. The number of thiophene rings is 1. The van der Waals surface area contributed by atoms with Crippen LogP contribution in [0.5, 0.6) is 0 Å². The maximum atomic E-state index is 11.5. The summed E-state index contributed by atoms with van der Waals surface area (Å²) in [5.74, 6) is 0.629. The van der Waals surface area contributed by atoms with Crippen molar-refractivity contribution in [2.75, 3.05) is 11.5 Å². The molecular weight excluding hydrogens is 240 g/mol. The van der Waals surface area contributed by atoms with E-state index in [-0.39, 0.29) is 11.5 Å². The van der Waals surface area contributed by atoms with Gasteiger partial charge in [-0.25, -0.2) is 0 Å². The number of carbonyl (C=O) groups is 1. The zero-order chi connectivity index (χ0) is 10.6. The van der Waals surface area contributed by atoms with Crippen LogP contribution in [0, 0.1) is 0 Å². The van der Waals surface area contributed by atoms with E-state index < -0.39 is 10.8 Å². The van der Waals surface area contributed by atoms with E-state index in [1.165, 1.54) is 11.3 Å². The van der Waals surface area contributed by atoms with E-state index in [1.807, 2.05) is 6.92 Å². The molecule has 1 aromatic rings. The molecule has 0 spiro atoms.